The van der Waals surface area contributed by atoms with Crippen LogP contribution in [0.5, 0.6) is 0 Å². The first kappa shape index (κ1) is 33.9. The van der Waals surface area contributed by atoms with Gasteiger partial charge in [0.25, 0.3) is 0 Å². The summed E-state index contributed by atoms with van der Waals surface area (Å²) in [7, 11) is 0. The van der Waals surface area contributed by atoms with E-state index in [0.29, 0.717) is 0 Å². The molecule has 1 fully saturated rings. The molecule has 48 heavy (non-hydrogen) atoms. The van der Waals surface area contributed by atoms with E-state index in [4.69, 9.17) is 0 Å². The summed E-state index contributed by atoms with van der Waals surface area (Å²) in [6, 6.07) is 37.8. The van der Waals surface area contributed by atoms with Crippen LogP contribution in [0.15, 0.2) is 121 Å². The van der Waals surface area contributed by atoms with Crippen molar-refractivity contribution in [2.75, 3.05) is 26.2 Å². The second-order valence-electron chi connectivity index (χ2n) is 11.5. The lowest BCUT2D eigenvalue weighted by Crippen LogP contribution is -2.57. The molecule has 0 radical (unpaired) electrons. The van der Waals surface area contributed by atoms with Gasteiger partial charge in [-0.3, -0.25) is 40.9 Å². The number of nitrogens with zero attached hydrogens (tertiary/aromatic N) is 4. The summed E-state index contributed by atoms with van der Waals surface area (Å²) in [5, 5.41) is 6.07. The van der Waals surface area contributed by atoms with Gasteiger partial charge in [0.15, 0.2) is 0 Å². The number of hydrogen-bond acceptors (Lipinski definition) is 8. The van der Waals surface area contributed by atoms with E-state index in [-0.39, 0.29) is 52.4 Å². The van der Waals surface area contributed by atoms with Crippen molar-refractivity contribution in [2.24, 2.45) is 0 Å². The summed E-state index contributed by atoms with van der Waals surface area (Å²) >= 11 is 0. The Morgan fingerprint density at radius 3 is 0.708 bits per heavy atom. The van der Waals surface area contributed by atoms with E-state index in [0.717, 1.165) is 22.3 Å². The van der Waals surface area contributed by atoms with Crippen LogP contribution in [0.1, 0.15) is 22.3 Å². The smallest absolute Gasteiger partial charge is 0.250 e. The highest BCUT2D eigenvalue weighted by atomic mass is 16.2. The van der Waals surface area contributed by atoms with Gasteiger partial charge >= 0.3 is 0 Å². The zero-order valence-electron chi connectivity index (χ0n) is 26.6. The second kappa shape index (κ2) is 17.5. The van der Waals surface area contributed by atoms with Gasteiger partial charge in [0.05, 0.1) is 26.2 Å². The number of carbonyl (C=O) groups is 4. The number of carbonyl (C=O) groups excluding carboxylic acids is 4. The van der Waals surface area contributed by atoms with Gasteiger partial charge in [-0.05, 0) is 22.3 Å². The van der Waals surface area contributed by atoms with E-state index < -0.39 is 23.6 Å². The predicted octanol–water partition coefficient (Wildman–Crippen LogP) is 2.13. The number of amides is 4. The Bertz CT molecular complexity index is 1350. The molecular formula is C36H40N8O4. The molecule has 248 valence electrons. The molecule has 1 heterocycles. The van der Waals surface area contributed by atoms with Crippen LogP contribution < -0.4 is 21.7 Å². The van der Waals surface area contributed by atoms with Crippen LogP contribution in [0.4, 0.5) is 0 Å². The van der Waals surface area contributed by atoms with Crippen LogP contribution in [0.3, 0.4) is 0 Å². The maximum Gasteiger partial charge on any atom is 0.250 e. The Kier molecular flexibility index (Phi) is 12.4. The molecule has 12 heteroatoms. The number of benzene rings is 4. The highest BCUT2D eigenvalue weighted by molar-refractivity contribution is 5.83. The largest absolute Gasteiger partial charge is 0.287 e. The molecule has 0 bridgehead atoms. The molecule has 0 aliphatic carbocycles. The van der Waals surface area contributed by atoms with Gasteiger partial charge in [0, 0.05) is 26.2 Å². The maximum atomic E-state index is 13.5. The van der Waals surface area contributed by atoms with Crippen LogP contribution in [0.2, 0.25) is 0 Å². The number of rotatable bonds is 8. The van der Waals surface area contributed by atoms with Crippen molar-refractivity contribution in [1.82, 2.24) is 41.7 Å². The van der Waals surface area contributed by atoms with E-state index in [1.807, 2.05) is 121 Å². The zero-order chi connectivity index (χ0) is 33.6. The SMILES string of the molecule is O=C1CN(Cc2ccccc2)NC(=O)CN(Cc2ccccc2)NC(=O)CN(Cc2ccccc2)NC(=O)CN(Cc2ccccc2)N1. The minimum Gasteiger partial charge on any atom is -0.287 e. The van der Waals surface area contributed by atoms with Crippen LogP contribution >= 0.6 is 0 Å². The van der Waals surface area contributed by atoms with Crippen LogP contribution in [0.25, 0.3) is 0 Å². The van der Waals surface area contributed by atoms with Crippen LogP contribution in [0, 0.1) is 0 Å². The van der Waals surface area contributed by atoms with Gasteiger partial charge in [0.1, 0.15) is 0 Å². The summed E-state index contributed by atoms with van der Waals surface area (Å²) in [4.78, 5) is 54.0. The van der Waals surface area contributed by atoms with Gasteiger partial charge in [-0.25, -0.2) is 20.0 Å². The van der Waals surface area contributed by atoms with Gasteiger partial charge in [0.2, 0.25) is 23.6 Å². The molecule has 5 rings (SSSR count). The quantitative estimate of drug-likeness (QED) is 0.229. The molecule has 0 saturated carbocycles. The lowest BCUT2D eigenvalue weighted by atomic mass is 10.2. The number of nitrogens with one attached hydrogen (secondary N) is 4. The van der Waals surface area contributed by atoms with E-state index in [1.54, 1.807) is 0 Å². The minimum atomic E-state index is -0.419. The third-order valence-corrected chi connectivity index (χ3v) is 7.33. The average molecular weight is 649 g/mol. The van der Waals surface area contributed by atoms with Crippen molar-refractivity contribution in [1.29, 1.82) is 0 Å². The Hall–Kier alpha value is -5.40. The molecule has 12 nitrogen and oxygen atoms in total. The predicted molar refractivity (Wildman–Crippen MR) is 180 cm³/mol. The normalized spacial score (nSPS) is 16.8. The molecule has 1 aliphatic rings. The van der Waals surface area contributed by atoms with Crippen molar-refractivity contribution < 1.29 is 19.2 Å². The molecule has 0 aromatic heterocycles. The van der Waals surface area contributed by atoms with E-state index >= 15 is 0 Å². The van der Waals surface area contributed by atoms with Gasteiger partial charge in [-0.2, -0.15) is 0 Å². The summed E-state index contributed by atoms with van der Waals surface area (Å²) < 4.78 is 0. The number of hydrazine groups is 4. The molecule has 4 aromatic rings. The van der Waals surface area contributed by atoms with Crippen LogP contribution in [-0.2, 0) is 45.4 Å². The first-order chi connectivity index (χ1) is 23.4. The van der Waals surface area contributed by atoms with Crippen molar-refractivity contribution in [2.45, 2.75) is 26.2 Å². The first-order valence-corrected chi connectivity index (χ1v) is 15.7. The monoisotopic (exact) mass is 648 g/mol. The lowest BCUT2D eigenvalue weighted by molar-refractivity contribution is -0.137. The van der Waals surface area contributed by atoms with Crippen LogP contribution in [-0.4, -0.2) is 69.8 Å². The maximum absolute atomic E-state index is 13.5. The van der Waals surface area contributed by atoms with Crippen molar-refractivity contribution in [3.05, 3.63) is 144 Å². The summed E-state index contributed by atoms with van der Waals surface area (Å²) in [6.07, 6.45) is 0. The van der Waals surface area contributed by atoms with Gasteiger partial charge in [-0.15, -0.1) is 0 Å². The lowest BCUT2D eigenvalue weighted by Gasteiger charge is -2.30. The highest BCUT2D eigenvalue weighted by Crippen LogP contribution is 2.08. The fourth-order valence-electron chi connectivity index (χ4n) is 5.30. The molecule has 1 aliphatic heterocycles. The molecule has 1 saturated heterocycles. The molecule has 0 unspecified atom stereocenters. The Balaban J connectivity index is 1.41. The molecule has 0 spiro atoms. The van der Waals surface area contributed by atoms with E-state index in [9.17, 15) is 19.2 Å². The van der Waals surface area contributed by atoms with Gasteiger partial charge in [-0.1, -0.05) is 121 Å². The van der Waals surface area contributed by atoms with Crippen molar-refractivity contribution in [3.63, 3.8) is 0 Å². The molecule has 4 amide bonds. The van der Waals surface area contributed by atoms with Crippen molar-refractivity contribution >= 4 is 23.6 Å². The van der Waals surface area contributed by atoms with Gasteiger partial charge < -0.3 is 0 Å². The Morgan fingerprint density at radius 2 is 0.521 bits per heavy atom. The fraction of sp³-hybridized carbons (Fsp3) is 0.222. The molecule has 4 N–H and O–H groups in total. The minimum absolute atomic E-state index is 0.196. The second-order valence-corrected chi connectivity index (χ2v) is 11.5. The third kappa shape index (κ3) is 11.4. The summed E-state index contributed by atoms with van der Waals surface area (Å²) in [5.74, 6) is -1.68. The zero-order valence-corrected chi connectivity index (χ0v) is 26.6. The highest BCUT2D eigenvalue weighted by Gasteiger charge is 2.23. The topological polar surface area (TPSA) is 129 Å². The Morgan fingerprint density at radius 1 is 0.333 bits per heavy atom. The summed E-state index contributed by atoms with van der Waals surface area (Å²) in [6.45, 7) is 0.212. The van der Waals surface area contributed by atoms with E-state index in [1.165, 1.54) is 20.0 Å². The van der Waals surface area contributed by atoms with Crippen molar-refractivity contribution in [3.8, 4) is 0 Å². The molecular weight excluding hydrogens is 608 g/mol. The standard InChI is InChI=1S/C36H40N8O4/c45-33-25-41(21-29-13-5-1-6-14-29)37-34(46)26-42(22-30-15-7-2-8-16-30)39-36(48)28-44(24-32-19-11-4-12-20-32)40-35(47)27-43(38-33)23-31-17-9-3-10-18-31/h1-20H,21-28H2,(H,37,46)(H,38,45)(H,39,48)(H,40,47). The third-order valence-electron chi connectivity index (χ3n) is 7.33. The first-order valence-electron chi connectivity index (χ1n) is 15.7. The molecule has 0 atom stereocenters. The summed E-state index contributed by atoms with van der Waals surface area (Å²) in [5.41, 5.74) is 15.0. The Labute approximate surface area is 280 Å². The fourth-order valence-corrected chi connectivity index (χ4v) is 5.30. The average Bonchev–Trinajstić information content (AvgIpc) is 3.06. The number of hydrogen-bond donors (Lipinski definition) is 4. The molecule has 4 aromatic carbocycles. The van der Waals surface area contributed by atoms with E-state index in [2.05, 4.69) is 21.7 Å².